The quantitative estimate of drug-likeness (QED) is 0.725. The van der Waals surface area contributed by atoms with Crippen molar-refractivity contribution in [1.29, 1.82) is 0 Å². The Labute approximate surface area is 177 Å². The Morgan fingerprint density at radius 3 is 2.38 bits per heavy atom. The summed E-state index contributed by atoms with van der Waals surface area (Å²) in [5.74, 6) is 2.22. The monoisotopic (exact) mass is 411 g/mol. The van der Waals surface area contributed by atoms with Crippen molar-refractivity contribution in [3.63, 3.8) is 0 Å². The van der Waals surface area contributed by atoms with Crippen molar-refractivity contribution < 1.29 is 9.59 Å². The molecule has 1 saturated heterocycles. The fourth-order valence-corrected chi connectivity index (χ4v) is 4.20. The molecular weight excluding hydrogens is 382 g/mol. The van der Waals surface area contributed by atoms with Crippen molar-refractivity contribution in [1.82, 2.24) is 10.2 Å². The average Bonchev–Trinajstić information content (AvgIpc) is 2.75. The molecule has 1 fully saturated rings. The molecule has 2 aromatic carbocycles. The van der Waals surface area contributed by atoms with Gasteiger partial charge in [-0.1, -0.05) is 42.5 Å². The van der Waals surface area contributed by atoms with Crippen LogP contribution < -0.4 is 10.6 Å². The zero-order valence-corrected chi connectivity index (χ0v) is 17.7. The molecule has 1 atom stereocenters. The maximum absolute atomic E-state index is 12.4. The van der Waals surface area contributed by atoms with Crippen LogP contribution in [0.25, 0.3) is 0 Å². The van der Waals surface area contributed by atoms with Gasteiger partial charge in [-0.2, -0.15) is 11.8 Å². The Hall–Kier alpha value is -2.47. The molecule has 0 bridgehead atoms. The van der Waals surface area contributed by atoms with E-state index >= 15 is 0 Å². The molecule has 1 unspecified atom stereocenters. The third kappa shape index (κ3) is 7.13. The van der Waals surface area contributed by atoms with E-state index in [9.17, 15) is 9.59 Å². The summed E-state index contributed by atoms with van der Waals surface area (Å²) in [7, 11) is 0. The molecule has 0 aliphatic carbocycles. The predicted molar refractivity (Wildman–Crippen MR) is 120 cm³/mol. The number of aryl methyl sites for hydroxylation is 1. The highest BCUT2D eigenvalue weighted by Gasteiger charge is 2.17. The number of benzene rings is 2. The lowest BCUT2D eigenvalue weighted by Gasteiger charge is -2.26. The zero-order chi connectivity index (χ0) is 20.5. The first-order valence-corrected chi connectivity index (χ1v) is 11.3. The third-order valence-electron chi connectivity index (χ3n) is 5.02. The summed E-state index contributed by atoms with van der Waals surface area (Å²) in [4.78, 5) is 26.5. The highest BCUT2D eigenvalue weighted by Crippen LogP contribution is 2.14. The summed E-state index contributed by atoms with van der Waals surface area (Å²) < 4.78 is 0. The van der Waals surface area contributed by atoms with Crippen LogP contribution in [0.4, 0.5) is 10.5 Å². The topological polar surface area (TPSA) is 61.4 Å². The van der Waals surface area contributed by atoms with Gasteiger partial charge in [0.05, 0.1) is 6.42 Å². The molecule has 154 valence electrons. The number of carbonyl (C=O) groups is 2. The summed E-state index contributed by atoms with van der Waals surface area (Å²) >= 11 is 1.90. The smallest absolute Gasteiger partial charge is 0.319 e. The number of anilines is 1. The molecule has 3 amide bonds. The highest BCUT2D eigenvalue weighted by atomic mass is 32.2. The van der Waals surface area contributed by atoms with Gasteiger partial charge in [-0.25, -0.2) is 4.79 Å². The molecule has 0 radical (unpaired) electrons. The van der Waals surface area contributed by atoms with Gasteiger partial charge in [0.1, 0.15) is 0 Å². The maximum Gasteiger partial charge on any atom is 0.319 e. The Kier molecular flexibility index (Phi) is 7.99. The fourth-order valence-electron chi connectivity index (χ4n) is 3.30. The Bertz CT molecular complexity index is 790. The van der Waals surface area contributed by atoms with Crippen LogP contribution in [-0.2, 0) is 17.6 Å². The summed E-state index contributed by atoms with van der Waals surface area (Å²) in [6, 6.07) is 17.7. The standard InChI is InChI=1S/C23H29N3O2S/c1-18(7-8-19-5-3-2-4-6-19)24-23(28)25-21-11-9-20(10-12-21)17-22(27)26-13-15-29-16-14-26/h2-6,9-12,18H,7-8,13-17H2,1H3,(H2,24,25,28). The first kappa shape index (κ1) is 21.2. The second-order valence-electron chi connectivity index (χ2n) is 7.39. The molecule has 2 aromatic rings. The molecule has 29 heavy (non-hydrogen) atoms. The van der Waals surface area contributed by atoms with Crippen molar-refractivity contribution in [3.05, 3.63) is 65.7 Å². The second-order valence-corrected chi connectivity index (χ2v) is 8.62. The Balaban J connectivity index is 1.41. The summed E-state index contributed by atoms with van der Waals surface area (Å²) in [5, 5.41) is 5.84. The lowest BCUT2D eigenvalue weighted by atomic mass is 10.1. The van der Waals surface area contributed by atoms with Gasteiger partial charge in [-0.05, 0) is 43.0 Å². The molecular formula is C23H29N3O2S. The second kappa shape index (κ2) is 10.9. The Morgan fingerprint density at radius 2 is 1.69 bits per heavy atom. The SMILES string of the molecule is CC(CCc1ccccc1)NC(=O)Nc1ccc(CC(=O)N2CCSCC2)cc1. The molecule has 6 heteroatoms. The normalized spacial score (nSPS) is 14.9. The van der Waals surface area contributed by atoms with E-state index in [4.69, 9.17) is 0 Å². The molecule has 1 aliphatic heterocycles. The molecule has 0 saturated carbocycles. The third-order valence-corrected chi connectivity index (χ3v) is 5.96. The van der Waals surface area contributed by atoms with Crippen LogP contribution in [0.15, 0.2) is 54.6 Å². The van der Waals surface area contributed by atoms with Gasteiger partial charge in [0.2, 0.25) is 5.91 Å². The number of hydrogen-bond acceptors (Lipinski definition) is 3. The summed E-state index contributed by atoms with van der Waals surface area (Å²) in [6.45, 7) is 3.69. The maximum atomic E-state index is 12.4. The van der Waals surface area contributed by atoms with Crippen LogP contribution in [0.5, 0.6) is 0 Å². The zero-order valence-electron chi connectivity index (χ0n) is 16.9. The number of nitrogens with zero attached hydrogens (tertiary/aromatic N) is 1. The fraction of sp³-hybridized carbons (Fsp3) is 0.391. The van der Waals surface area contributed by atoms with E-state index in [0.29, 0.717) is 6.42 Å². The van der Waals surface area contributed by atoms with Gasteiger partial charge >= 0.3 is 6.03 Å². The van der Waals surface area contributed by atoms with Crippen LogP contribution in [0.3, 0.4) is 0 Å². The van der Waals surface area contributed by atoms with E-state index in [0.717, 1.165) is 48.7 Å². The van der Waals surface area contributed by atoms with Crippen LogP contribution >= 0.6 is 11.8 Å². The first-order chi connectivity index (χ1) is 14.1. The Morgan fingerprint density at radius 1 is 1.00 bits per heavy atom. The molecule has 2 N–H and O–H groups in total. The van der Waals surface area contributed by atoms with Crippen molar-refractivity contribution in [2.45, 2.75) is 32.2 Å². The molecule has 1 aliphatic rings. The van der Waals surface area contributed by atoms with Crippen LogP contribution in [-0.4, -0.2) is 47.5 Å². The molecule has 0 aromatic heterocycles. The van der Waals surface area contributed by atoms with E-state index in [1.807, 2.05) is 66.1 Å². The van der Waals surface area contributed by atoms with Gasteiger partial charge in [0.25, 0.3) is 0 Å². The van der Waals surface area contributed by atoms with E-state index < -0.39 is 0 Å². The minimum absolute atomic E-state index is 0.0785. The number of urea groups is 1. The molecule has 3 rings (SSSR count). The molecule has 1 heterocycles. The van der Waals surface area contributed by atoms with Gasteiger partial charge in [0.15, 0.2) is 0 Å². The van der Waals surface area contributed by atoms with Gasteiger partial charge in [0, 0.05) is 36.3 Å². The minimum atomic E-state index is -0.208. The van der Waals surface area contributed by atoms with Gasteiger partial charge in [-0.3, -0.25) is 4.79 Å². The van der Waals surface area contributed by atoms with E-state index in [1.54, 1.807) is 0 Å². The van der Waals surface area contributed by atoms with Crippen molar-refractivity contribution in [2.24, 2.45) is 0 Å². The van der Waals surface area contributed by atoms with Crippen molar-refractivity contribution in [2.75, 3.05) is 29.9 Å². The lowest BCUT2D eigenvalue weighted by molar-refractivity contribution is -0.130. The number of amides is 3. The number of hydrogen-bond donors (Lipinski definition) is 2. The summed E-state index contributed by atoms with van der Waals surface area (Å²) in [5.41, 5.74) is 2.97. The van der Waals surface area contributed by atoms with E-state index in [2.05, 4.69) is 22.8 Å². The number of carbonyl (C=O) groups excluding carboxylic acids is 2. The lowest BCUT2D eigenvalue weighted by Crippen LogP contribution is -2.38. The van der Waals surface area contributed by atoms with E-state index in [-0.39, 0.29) is 18.0 Å². The number of thioether (sulfide) groups is 1. The number of rotatable bonds is 7. The van der Waals surface area contributed by atoms with Crippen LogP contribution in [0.1, 0.15) is 24.5 Å². The number of nitrogens with one attached hydrogen (secondary N) is 2. The predicted octanol–water partition coefficient (Wildman–Crippen LogP) is 3.95. The largest absolute Gasteiger partial charge is 0.341 e. The van der Waals surface area contributed by atoms with Crippen molar-refractivity contribution in [3.8, 4) is 0 Å². The average molecular weight is 412 g/mol. The molecule has 5 nitrogen and oxygen atoms in total. The van der Waals surface area contributed by atoms with Crippen LogP contribution in [0, 0.1) is 0 Å². The molecule has 0 spiro atoms. The highest BCUT2D eigenvalue weighted by molar-refractivity contribution is 7.99. The minimum Gasteiger partial charge on any atom is -0.341 e. The van der Waals surface area contributed by atoms with E-state index in [1.165, 1.54) is 5.56 Å². The first-order valence-electron chi connectivity index (χ1n) is 10.2. The van der Waals surface area contributed by atoms with Gasteiger partial charge < -0.3 is 15.5 Å². The van der Waals surface area contributed by atoms with Crippen LogP contribution in [0.2, 0.25) is 0 Å². The van der Waals surface area contributed by atoms with Crippen molar-refractivity contribution >= 4 is 29.4 Å². The summed E-state index contributed by atoms with van der Waals surface area (Å²) in [6.07, 6.45) is 2.22. The van der Waals surface area contributed by atoms with Gasteiger partial charge in [-0.15, -0.1) is 0 Å².